The van der Waals surface area contributed by atoms with Crippen molar-refractivity contribution in [2.24, 2.45) is 5.92 Å². The van der Waals surface area contributed by atoms with E-state index in [2.05, 4.69) is 5.32 Å². The van der Waals surface area contributed by atoms with Gasteiger partial charge >= 0.3 is 0 Å². The number of carbonyl (C=O) groups is 2. The van der Waals surface area contributed by atoms with Crippen molar-refractivity contribution < 1.29 is 18.4 Å². The molecule has 142 valence electrons. The van der Waals surface area contributed by atoms with Gasteiger partial charge in [-0.3, -0.25) is 9.59 Å². The molecule has 3 rings (SSSR count). The van der Waals surface area contributed by atoms with Crippen LogP contribution < -0.4 is 5.32 Å². The summed E-state index contributed by atoms with van der Waals surface area (Å²) in [5.74, 6) is -1.18. The highest BCUT2D eigenvalue weighted by Crippen LogP contribution is 2.19. The van der Waals surface area contributed by atoms with E-state index in [1.807, 2.05) is 0 Å². The smallest absolute Gasteiger partial charge is 0.253 e. The lowest BCUT2D eigenvalue weighted by molar-refractivity contribution is -0.126. The molecule has 1 heterocycles. The van der Waals surface area contributed by atoms with Gasteiger partial charge in [-0.2, -0.15) is 0 Å². The van der Waals surface area contributed by atoms with Gasteiger partial charge in [-0.05, 0) is 61.2 Å². The topological polar surface area (TPSA) is 49.4 Å². The van der Waals surface area contributed by atoms with E-state index in [1.165, 1.54) is 36.4 Å². The Hall–Kier alpha value is -2.76. The first-order valence-corrected chi connectivity index (χ1v) is 9.10. The van der Waals surface area contributed by atoms with Crippen LogP contribution in [0.3, 0.4) is 0 Å². The predicted molar refractivity (Wildman–Crippen MR) is 98.1 cm³/mol. The zero-order chi connectivity index (χ0) is 19.2. The first kappa shape index (κ1) is 19.0. The lowest BCUT2D eigenvalue weighted by atomic mass is 9.96. The fraction of sp³-hybridized carbons (Fsp3) is 0.333. The molecule has 0 saturated carbocycles. The molecule has 1 atom stereocenters. The largest absolute Gasteiger partial charge is 0.355 e. The van der Waals surface area contributed by atoms with E-state index in [-0.39, 0.29) is 29.4 Å². The van der Waals surface area contributed by atoms with Gasteiger partial charge in [-0.15, -0.1) is 0 Å². The van der Waals surface area contributed by atoms with E-state index in [9.17, 15) is 18.4 Å². The van der Waals surface area contributed by atoms with Gasteiger partial charge in [0.25, 0.3) is 5.91 Å². The van der Waals surface area contributed by atoms with Gasteiger partial charge in [-0.1, -0.05) is 12.1 Å². The van der Waals surface area contributed by atoms with Crippen LogP contribution in [0.1, 0.15) is 28.8 Å². The van der Waals surface area contributed by atoms with Crippen molar-refractivity contribution in [1.29, 1.82) is 0 Å². The summed E-state index contributed by atoms with van der Waals surface area (Å²) in [6.07, 6.45) is 2.11. The number of hydrogen-bond donors (Lipinski definition) is 1. The molecule has 1 aliphatic heterocycles. The monoisotopic (exact) mass is 372 g/mol. The summed E-state index contributed by atoms with van der Waals surface area (Å²) in [6.45, 7) is 1.42. The lowest BCUT2D eigenvalue weighted by Gasteiger charge is -2.32. The Labute approximate surface area is 157 Å². The summed E-state index contributed by atoms with van der Waals surface area (Å²) < 4.78 is 25.9. The van der Waals surface area contributed by atoms with E-state index in [1.54, 1.807) is 17.0 Å². The van der Waals surface area contributed by atoms with Crippen LogP contribution in [-0.2, 0) is 11.2 Å². The molecule has 2 amide bonds. The molecule has 0 radical (unpaired) electrons. The maximum Gasteiger partial charge on any atom is 0.253 e. The van der Waals surface area contributed by atoms with Gasteiger partial charge in [-0.25, -0.2) is 8.78 Å². The Morgan fingerprint density at radius 2 is 1.63 bits per heavy atom. The maximum absolute atomic E-state index is 13.0. The first-order chi connectivity index (χ1) is 13.0. The van der Waals surface area contributed by atoms with Crippen LogP contribution in [0.5, 0.6) is 0 Å². The molecule has 2 aromatic rings. The van der Waals surface area contributed by atoms with E-state index in [0.29, 0.717) is 31.6 Å². The zero-order valence-corrected chi connectivity index (χ0v) is 15.0. The number of carbonyl (C=O) groups excluding carboxylic acids is 2. The maximum atomic E-state index is 13.0. The average Bonchev–Trinajstić information content (AvgIpc) is 2.69. The molecule has 0 aromatic heterocycles. The molecule has 27 heavy (non-hydrogen) atoms. The highest BCUT2D eigenvalue weighted by Gasteiger charge is 2.28. The summed E-state index contributed by atoms with van der Waals surface area (Å²) >= 11 is 0. The van der Waals surface area contributed by atoms with Gasteiger partial charge in [0, 0.05) is 25.2 Å². The molecule has 0 spiro atoms. The minimum Gasteiger partial charge on any atom is -0.355 e. The third-order valence-electron chi connectivity index (χ3n) is 4.80. The number of nitrogens with one attached hydrogen (secondary N) is 1. The molecule has 4 nitrogen and oxygen atoms in total. The van der Waals surface area contributed by atoms with Gasteiger partial charge in [0.15, 0.2) is 0 Å². The number of rotatable bonds is 5. The summed E-state index contributed by atoms with van der Waals surface area (Å²) in [6, 6.07) is 11.6. The molecule has 2 aromatic carbocycles. The Balaban J connectivity index is 1.50. The second-order valence-corrected chi connectivity index (χ2v) is 6.76. The summed E-state index contributed by atoms with van der Waals surface area (Å²) in [7, 11) is 0. The molecular formula is C21H22F2N2O2. The van der Waals surface area contributed by atoms with Crippen molar-refractivity contribution in [1.82, 2.24) is 10.2 Å². The molecule has 1 saturated heterocycles. The molecule has 0 aliphatic carbocycles. The summed E-state index contributed by atoms with van der Waals surface area (Å²) in [5, 5.41) is 2.90. The van der Waals surface area contributed by atoms with Crippen molar-refractivity contribution >= 4 is 11.8 Å². The van der Waals surface area contributed by atoms with E-state index in [4.69, 9.17) is 0 Å². The van der Waals surface area contributed by atoms with Crippen molar-refractivity contribution in [3.8, 4) is 0 Å². The van der Waals surface area contributed by atoms with Gasteiger partial charge in [0.05, 0.1) is 5.92 Å². The first-order valence-electron chi connectivity index (χ1n) is 9.10. The fourth-order valence-corrected chi connectivity index (χ4v) is 3.28. The SMILES string of the molecule is O=C(NCCc1ccc(F)cc1)[C@H]1CCCN(C(=O)c2ccc(F)cc2)C1. The number of hydrogen-bond acceptors (Lipinski definition) is 2. The van der Waals surface area contributed by atoms with Crippen LogP contribution in [-0.4, -0.2) is 36.3 Å². The van der Waals surface area contributed by atoms with Crippen molar-refractivity contribution in [3.63, 3.8) is 0 Å². The van der Waals surface area contributed by atoms with Crippen LogP contribution in [0.2, 0.25) is 0 Å². The Morgan fingerprint density at radius 1 is 1.00 bits per heavy atom. The van der Waals surface area contributed by atoms with E-state index >= 15 is 0 Å². The molecular weight excluding hydrogens is 350 g/mol. The molecule has 1 aliphatic rings. The molecule has 0 bridgehead atoms. The van der Waals surface area contributed by atoms with Gasteiger partial charge < -0.3 is 10.2 Å². The highest BCUT2D eigenvalue weighted by atomic mass is 19.1. The Bertz CT molecular complexity index is 791. The van der Waals surface area contributed by atoms with Gasteiger partial charge in [0.1, 0.15) is 11.6 Å². The second-order valence-electron chi connectivity index (χ2n) is 6.76. The quantitative estimate of drug-likeness (QED) is 0.876. The number of likely N-dealkylation sites (tertiary alicyclic amines) is 1. The minimum atomic E-state index is -0.386. The van der Waals surface area contributed by atoms with Gasteiger partial charge in [0.2, 0.25) is 5.91 Å². The lowest BCUT2D eigenvalue weighted by Crippen LogP contribution is -2.45. The fourth-order valence-electron chi connectivity index (χ4n) is 3.28. The molecule has 6 heteroatoms. The third-order valence-corrected chi connectivity index (χ3v) is 4.80. The molecule has 1 N–H and O–H groups in total. The zero-order valence-electron chi connectivity index (χ0n) is 15.0. The highest BCUT2D eigenvalue weighted by molar-refractivity contribution is 5.94. The van der Waals surface area contributed by atoms with Crippen molar-refractivity contribution in [2.45, 2.75) is 19.3 Å². The number of amides is 2. The second kappa shape index (κ2) is 8.75. The predicted octanol–water partition coefficient (Wildman–Crippen LogP) is 3.18. The van der Waals surface area contributed by atoms with Crippen LogP contribution in [0.4, 0.5) is 8.78 Å². The van der Waals surface area contributed by atoms with Crippen LogP contribution in [0.25, 0.3) is 0 Å². The van der Waals surface area contributed by atoms with Crippen LogP contribution >= 0.6 is 0 Å². The number of piperidine rings is 1. The number of halogens is 2. The third kappa shape index (κ3) is 5.12. The van der Waals surface area contributed by atoms with Crippen molar-refractivity contribution in [2.75, 3.05) is 19.6 Å². The summed E-state index contributed by atoms with van der Waals surface area (Å²) in [5.41, 5.74) is 1.38. The minimum absolute atomic E-state index is 0.0753. The number of benzene rings is 2. The standard InChI is InChI=1S/C21H22F2N2O2/c22-18-7-3-15(4-8-18)11-12-24-20(26)17-2-1-13-25(14-17)21(27)16-5-9-19(23)10-6-16/h3-10,17H,1-2,11-14H2,(H,24,26)/t17-/m0/s1. The molecule has 0 unspecified atom stereocenters. The summed E-state index contributed by atoms with van der Waals surface area (Å²) in [4.78, 5) is 26.6. The Morgan fingerprint density at radius 3 is 2.30 bits per heavy atom. The van der Waals surface area contributed by atoms with Crippen LogP contribution in [0.15, 0.2) is 48.5 Å². The van der Waals surface area contributed by atoms with Crippen LogP contribution in [0, 0.1) is 17.6 Å². The number of nitrogens with zero attached hydrogens (tertiary/aromatic N) is 1. The van der Waals surface area contributed by atoms with E-state index in [0.717, 1.165) is 18.4 Å². The normalized spacial score (nSPS) is 16.8. The van der Waals surface area contributed by atoms with E-state index < -0.39 is 0 Å². The molecule has 1 fully saturated rings. The van der Waals surface area contributed by atoms with Crippen molar-refractivity contribution in [3.05, 3.63) is 71.3 Å². The average molecular weight is 372 g/mol. The Kier molecular flexibility index (Phi) is 6.16.